The van der Waals surface area contributed by atoms with Gasteiger partial charge in [0.1, 0.15) is 0 Å². The second-order valence-corrected chi connectivity index (χ2v) is 6.88. The highest BCUT2D eigenvalue weighted by Crippen LogP contribution is 2.22. The Hall–Kier alpha value is -2.91. The van der Waals surface area contributed by atoms with Crippen LogP contribution in [0.2, 0.25) is 0 Å². The first kappa shape index (κ1) is 19.8. The number of hydrogen-bond acceptors (Lipinski definition) is 5. The van der Waals surface area contributed by atoms with E-state index in [0.29, 0.717) is 11.4 Å². The average Bonchev–Trinajstić information content (AvgIpc) is 3.14. The summed E-state index contributed by atoms with van der Waals surface area (Å²) in [6.07, 6.45) is 3.95. The van der Waals surface area contributed by atoms with Crippen LogP contribution in [0, 0.1) is 11.3 Å². The Balaban J connectivity index is 1.72. The van der Waals surface area contributed by atoms with Gasteiger partial charge in [-0.05, 0) is 57.6 Å². The summed E-state index contributed by atoms with van der Waals surface area (Å²) in [5.74, 6) is 0.582. The highest BCUT2D eigenvalue weighted by Gasteiger charge is 2.11. The van der Waals surface area contributed by atoms with Crippen LogP contribution >= 0.6 is 0 Å². The van der Waals surface area contributed by atoms with E-state index in [2.05, 4.69) is 41.8 Å². The predicted molar refractivity (Wildman–Crippen MR) is 110 cm³/mol. The molecule has 1 aromatic carbocycles. The van der Waals surface area contributed by atoms with Crippen molar-refractivity contribution >= 4 is 5.65 Å². The zero-order valence-corrected chi connectivity index (χ0v) is 16.8. The van der Waals surface area contributed by atoms with Crippen LogP contribution < -0.4 is 4.74 Å². The maximum atomic E-state index is 9.14. The average molecular weight is 377 g/mol. The maximum absolute atomic E-state index is 9.14. The van der Waals surface area contributed by atoms with E-state index in [1.165, 1.54) is 0 Å². The number of nitriles is 1. The molecule has 0 amide bonds. The van der Waals surface area contributed by atoms with Crippen LogP contribution in [0.25, 0.3) is 16.9 Å². The van der Waals surface area contributed by atoms with Crippen molar-refractivity contribution in [3.8, 4) is 23.2 Å². The van der Waals surface area contributed by atoms with E-state index in [9.17, 15) is 0 Å². The highest BCUT2D eigenvalue weighted by atomic mass is 16.5. The van der Waals surface area contributed by atoms with E-state index in [0.717, 1.165) is 49.4 Å². The fourth-order valence-corrected chi connectivity index (χ4v) is 3.27. The van der Waals surface area contributed by atoms with Gasteiger partial charge in [0.25, 0.3) is 0 Å². The lowest BCUT2D eigenvalue weighted by Crippen LogP contribution is -2.25. The van der Waals surface area contributed by atoms with Gasteiger partial charge in [-0.25, -0.2) is 9.50 Å². The summed E-state index contributed by atoms with van der Waals surface area (Å²) in [5.41, 5.74) is 3.11. The Morgan fingerprint density at radius 3 is 2.79 bits per heavy atom. The van der Waals surface area contributed by atoms with E-state index >= 15 is 0 Å². The minimum Gasteiger partial charge on any atom is -0.474 e. The van der Waals surface area contributed by atoms with Crippen LogP contribution in [0.5, 0.6) is 5.88 Å². The lowest BCUT2D eigenvalue weighted by atomic mass is 10.1. The first-order valence-corrected chi connectivity index (χ1v) is 9.89. The SMILES string of the molecule is CCN(CC)CCCC(C)Oc1ccc2ncc(-c3cccc(C#N)c3)n2n1. The van der Waals surface area contributed by atoms with Crippen molar-refractivity contribution in [2.24, 2.45) is 0 Å². The third-order valence-electron chi connectivity index (χ3n) is 4.93. The second kappa shape index (κ2) is 9.34. The molecule has 0 saturated heterocycles. The summed E-state index contributed by atoms with van der Waals surface area (Å²) in [5, 5.41) is 13.8. The van der Waals surface area contributed by atoms with Gasteiger partial charge in [0.15, 0.2) is 5.65 Å². The number of imidazole rings is 1. The van der Waals surface area contributed by atoms with Gasteiger partial charge in [-0.2, -0.15) is 5.26 Å². The summed E-state index contributed by atoms with van der Waals surface area (Å²) in [4.78, 5) is 6.84. The monoisotopic (exact) mass is 377 g/mol. The van der Waals surface area contributed by atoms with Crippen molar-refractivity contribution in [3.05, 3.63) is 48.2 Å². The van der Waals surface area contributed by atoms with Gasteiger partial charge in [0.05, 0.1) is 29.6 Å². The molecule has 0 bridgehead atoms. The number of benzene rings is 1. The molecule has 0 aliphatic heterocycles. The first-order chi connectivity index (χ1) is 13.6. The molecule has 3 aromatic rings. The highest BCUT2D eigenvalue weighted by molar-refractivity contribution is 5.64. The number of aromatic nitrogens is 3. The molecule has 2 heterocycles. The van der Waals surface area contributed by atoms with E-state index in [1.54, 1.807) is 16.8 Å². The first-order valence-electron chi connectivity index (χ1n) is 9.89. The minimum absolute atomic E-state index is 0.0920. The van der Waals surface area contributed by atoms with Gasteiger partial charge < -0.3 is 9.64 Å². The molecule has 6 heteroatoms. The fourth-order valence-electron chi connectivity index (χ4n) is 3.27. The number of fused-ring (bicyclic) bond motifs is 1. The Bertz CT molecular complexity index is 955. The molecular formula is C22H27N5O. The molecule has 1 unspecified atom stereocenters. The lowest BCUT2D eigenvalue weighted by Gasteiger charge is -2.19. The number of ether oxygens (including phenoxy) is 1. The van der Waals surface area contributed by atoms with E-state index in [-0.39, 0.29) is 6.10 Å². The van der Waals surface area contributed by atoms with Crippen molar-refractivity contribution in [1.82, 2.24) is 19.5 Å². The summed E-state index contributed by atoms with van der Waals surface area (Å²) in [6.45, 7) is 9.73. The van der Waals surface area contributed by atoms with Gasteiger partial charge in [0, 0.05) is 11.6 Å². The summed E-state index contributed by atoms with van der Waals surface area (Å²) >= 11 is 0. The van der Waals surface area contributed by atoms with E-state index in [4.69, 9.17) is 10.00 Å². The summed E-state index contributed by atoms with van der Waals surface area (Å²) in [6, 6.07) is 13.4. The summed E-state index contributed by atoms with van der Waals surface area (Å²) in [7, 11) is 0. The number of nitrogens with zero attached hydrogens (tertiary/aromatic N) is 5. The number of hydrogen-bond donors (Lipinski definition) is 0. The fraction of sp³-hybridized carbons (Fsp3) is 0.409. The zero-order valence-electron chi connectivity index (χ0n) is 16.8. The Morgan fingerprint density at radius 1 is 1.21 bits per heavy atom. The van der Waals surface area contributed by atoms with Crippen molar-refractivity contribution in [2.45, 2.75) is 39.7 Å². The maximum Gasteiger partial charge on any atom is 0.232 e. The molecule has 0 aliphatic rings. The minimum atomic E-state index is 0.0920. The van der Waals surface area contributed by atoms with Gasteiger partial charge >= 0.3 is 0 Å². The largest absolute Gasteiger partial charge is 0.474 e. The molecule has 0 N–H and O–H groups in total. The third kappa shape index (κ3) is 4.68. The van der Waals surface area contributed by atoms with Crippen molar-refractivity contribution < 1.29 is 4.74 Å². The molecule has 146 valence electrons. The van der Waals surface area contributed by atoms with Crippen LogP contribution in [0.1, 0.15) is 39.2 Å². The molecule has 2 aromatic heterocycles. The Morgan fingerprint density at radius 2 is 2.04 bits per heavy atom. The van der Waals surface area contributed by atoms with E-state index < -0.39 is 0 Å². The van der Waals surface area contributed by atoms with Gasteiger partial charge in [-0.3, -0.25) is 0 Å². The topological polar surface area (TPSA) is 66.5 Å². The predicted octanol–water partition coefficient (Wildman–Crippen LogP) is 4.16. The lowest BCUT2D eigenvalue weighted by molar-refractivity contribution is 0.186. The van der Waals surface area contributed by atoms with Crippen LogP contribution in [-0.4, -0.2) is 45.2 Å². The van der Waals surface area contributed by atoms with Gasteiger partial charge in [-0.15, -0.1) is 5.10 Å². The Labute approximate surface area is 166 Å². The molecule has 28 heavy (non-hydrogen) atoms. The number of rotatable bonds is 9. The third-order valence-corrected chi connectivity index (χ3v) is 4.93. The normalized spacial score (nSPS) is 12.2. The summed E-state index contributed by atoms with van der Waals surface area (Å²) < 4.78 is 7.82. The molecular weight excluding hydrogens is 350 g/mol. The van der Waals surface area contributed by atoms with Gasteiger partial charge in [0.2, 0.25) is 5.88 Å². The van der Waals surface area contributed by atoms with Crippen LogP contribution in [0.15, 0.2) is 42.6 Å². The van der Waals surface area contributed by atoms with Crippen LogP contribution in [-0.2, 0) is 0 Å². The van der Waals surface area contributed by atoms with Crippen molar-refractivity contribution in [2.75, 3.05) is 19.6 Å². The molecule has 3 rings (SSSR count). The zero-order chi connectivity index (χ0) is 19.9. The second-order valence-electron chi connectivity index (χ2n) is 6.88. The molecule has 6 nitrogen and oxygen atoms in total. The quantitative estimate of drug-likeness (QED) is 0.560. The van der Waals surface area contributed by atoms with Crippen molar-refractivity contribution in [1.29, 1.82) is 5.26 Å². The molecule has 1 atom stereocenters. The van der Waals surface area contributed by atoms with Crippen molar-refractivity contribution in [3.63, 3.8) is 0 Å². The molecule has 0 radical (unpaired) electrons. The molecule has 0 aliphatic carbocycles. The molecule has 0 fully saturated rings. The smallest absolute Gasteiger partial charge is 0.232 e. The van der Waals surface area contributed by atoms with E-state index in [1.807, 2.05) is 30.3 Å². The van der Waals surface area contributed by atoms with Crippen LogP contribution in [0.4, 0.5) is 0 Å². The Kier molecular flexibility index (Phi) is 6.62. The standard InChI is InChI=1S/C22H27N5O/c1-4-26(5-2)13-7-8-17(3)28-22-12-11-21-24-16-20(27(21)25-22)19-10-6-9-18(14-19)15-23/h6,9-12,14,16-17H,4-5,7-8,13H2,1-3H3. The molecule has 0 spiro atoms. The van der Waals surface area contributed by atoms with Gasteiger partial charge in [-0.1, -0.05) is 26.0 Å². The molecule has 0 saturated carbocycles. The van der Waals surface area contributed by atoms with Crippen LogP contribution in [0.3, 0.4) is 0 Å².